The molecular weight excluding hydrogens is 301 g/mol. The summed E-state index contributed by atoms with van der Waals surface area (Å²) in [5.41, 5.74) is 3.03. The molecule has 2 heterocycles. The normalized spacial score (nSPS) is 18.5. The van der Waals surface area contributed by atoms with E-state index in [4.69, 9.17) is 4.42 Å². The highest BCUT2D eigenvalue weighted by Crippen LogP contribution is 2.27. The molecule has 0 aliphatic carbocycles. The van der Waals surface area contributed by atoms with Crippen LogP contribution < -0.4 is 0 Å². The van der Waals surface area contributed by atoms with Gasteiger partial charge in [0.2, 0.25) is 0 Å². The zero-order chi connectivity index (χ0) is 16.5. The molecule has 1 atom stereocenters. The van der Waals surface area contributed by atoms with Crippen molar-refractivity contribution >= 4 is 11.0 Å². The van der Waals surface area contributed by atoms with Crippen LogP contribution in [0, 0.1) is 5.82 Å². The van der Waals surface area contributed by atoms with Gasteiger partial charge in [-0.2, -0.15) is 0 Å². The van der Waals surface area contributed by atoms with Crippen LogP contribution in [0.25, 0.3) is 22.1 Å². The van der Waals surface area contributed by atoms with Crippen molar-refractivity contribution < 1.29 is 8.81 Å². The van der Waals surface area contributed by atoms with Gasteiger partial charge in [0.15, 0.2) is 0 Å². The van der Waals surface area contributed by atoms with Crippen LogP contribution in [-0.2, 0) is 6.42 Å². The number of rotatable bonds is 4. The summed E-state index contributed by atoms with van der Waals surface area (Å²) in [6.07, 6.45) is 3.56. The van der Waals surface area contributed by atoms with E-state index in [0.29, 0.717) is 6.04 Å². The van der Waals surface area contributed by atoms with Gasteiger partial charge in [0, 0.05) is 24.4 Å². The summed E-state index contributed by atoms with van der Waals surface area (Å²) >= 11 is 0. The molecule has 0 spiro atoms. The average Bonchev–Trinajstić information content (AvgIpc) is 3.18. The fourth-order valence-electron chi connectivity index (χ4n) is 3.62. The molecule has 0 saturated carbocycles. The van der Waals surface area contributed by atoms with Crippen molar-refractivity contribution in [3.05, 3.63) is 60.1 Å². The van der Waals surface area contributed by atoms with Crippen LogP contribution in [0.5, 0.6) is 0 Å². The number of furan rings is 1. The van der Waals surface area contributed by atoms with Gasteiger partial charge >= 0.3 is 0 Å². The highest BCUT2D eigenvalue weighted by atomic mass is 19.1. The summed E-state index contributed by atoms with van der Waals surface area (Å²) in [6, 6.07) is 15.6. The standard InChI is InChI=1S/C21H22FNO/c1-15-3-2-11-23(15)12-10-20-14-18-13-17(6-9-21(18)24-20)16-4-7-19(22)8-5-16/h4-9,13-15H,2-3,10-12H2,1H3/t15-/m1/s1. The lowest BCUT2D eigenvalue weighted by Crippen LogP contribution is -2.28. The van der Waals surface area contributed by atoms with Gasteiger partial charge in [-0.15, -0.1) is 0 Å². The van der Waals surface area contributed by atoms with Crippen LogP contribution in [0.2, 0.25) is 0 Å². The number of nitrogens with zero attached hydrogens (tertiary/aromatic N) is 1. The Bertz CT molecular complexity index is 837. The van der Waals surface area contributed by atoms with E-state index < -0.39 is 0 Å². The lowest BCUT2D eigenvalue weighted by molar-refractivity contribution is 0.266. The van der Waals surface area contributed by atoms with Gasteiger partial charge in [0.05, 0.1) is 0 Å². The third-order valence-electron chi connectivity index (χ3n) is 5.08. The smallest absolute Gasteiger partial charge is 0.134 e. The van der Waals surface area contributed by atoms with E-state index in [2.05, 4.69) is 24.0 Å². The van der Waals surface area contributed by atoms with Crippen LogP contribution in [0.4, 0.5) is 4.39 Å². The molecule has 1 aromatic heterocycles. The quantitative estimate of drug-likeness (QED) is 0.650. The number of hydrogen-bond acceptors (Lipinski definition) is 2. The Morgan fingerprint density at radius 3 is 2.62 bits per heavy atom. The summed E-state index contributed by atoms with van der Waals surface area (Å²) in [5, 5.41) is 1.11. The maximum absolute atomic E-state index is 13.1. The SMILES string of the molecule is C[C@@H]1CCCN1CCc1cc2cc(-c3ccc(F)cc3)ccc2o1. The molecule has 1 fully saturated rings. The van der Waals surface area contributed by atoms with E-state index in [9.17, 15) is 4.39 Å². The molecule has 24 heavy (non-hydrogen) atoms. The largest absolute Gasteiger partial charge is 0.461 e. The molecule has 0 radical (unpaired) electrons. The number of halogens is 1. The molecule has 0 unspecified atom stereocenters. The first kappa shape index (κ1) is 15.4. The number of fused-ring (bicyclic) bond motifs is 1. The van der Waals surface area contributed by atoms with Gasteiger partial charge < -0.3 is 9.32 Å². The summed E-state index contributed by atoms with van der Waals surface area (Å²) in [5.74, 6) is 0.835. The minimum Gasteiger partial charge on any atom is -0.461 e. The fourth-order valence-corrected chi connectivity index (χ4v) is 3.62. The Hall–Kier alpha value is -2.13. The first-order valence-electron chi connectivity index (χ1n) is 8.71. The lowest BCUT2D eigenvalue weighted by Gasteiger charge is -2.19. The molecule has 3 aromatic rings. The molecule has 4 rings (SSSR count). The fraction of sp³-hybridized carbons (Fsp3) is 0.333. The van der Waals surface area contributed by atoms with Crippen molar-refractivity contribution in [2.75, 3.05) is 13.1 Å². The first-order chi connectivity index (χ1) is 11.7. The monoisotopic (exact) mass is 323 g/mol. The molecule has 2 aromatic carbocycles. The van der Waals surface area contributed by atoms with E-state index in [1.165, 1.54) is 31.5 Å². The van der Waals surface area contributed by atoms with Crippen molar-refractivity contribution in [2.24, 2.45) is 0 Å². The average molecular weight is 323 g/mol. The van der Waals surface area contributed by atoms with Crippen molar-refractivity contribution in [3.63, 3.8) is 0 Å². The number of likely N-dealkylation sites (tertiary alicyclic amines) is 1. The third-order valence-corrected chi connectivity index (χ3v) is 5.08. The molecule has 1 aliphatic rings. The molecule has 1 aliphatic heterocycles. The molecule has 3 heteroatoms. The van der Waals surface area contributed by atoms with Crippen LogP contribution in [0.15, 0.2) is 52.9 Å². The van der Waals surface area contributed by atoms with Gasteiger partial charge in [0.25, 0.3) is 0 Å². The Labute approximate surface area is 141 Å². The Morgan fingerprint density at radius 2 is 1.88 bits per heavy atom. The highest BCUT2D eigenvalue weighted by Gasteiger charge is 2.20. The zero-order valence-electron chi connectivity index (χ0n) is 14.0. The van der Waals surface area contributed by atoms with E-state index in [1.807, 2.05) is 24.3 Å². The topological polar surface area (TPSA) is 16.4 Å². The Kier molecular flexibility index (Phi) is 4.11. The van der Waals surface area contributed by atoms with Crippen LogP contribution in [0.3, 0.4) is 0 Å². The third kappa shape index (κ3) is 3.09. The van der Waals surface area contributed by atoms with Gasteiger partial charge in [0.1, 0.15) is 17.2 Å². The van der Waals surface area contributed by atoms with Crippen LogP contribution >= 0.6 is 0 Å². The van der Waals surface area contributed by atoms with Gasteiger partial charge in [-0.05, 0) is 67.8 Å². The van der Waals surface area contributed by atoms with Crippen molar-refractivity contribution in [1.29, 1.82) is 0 Å². The second-order valence-electron chi connectivity index (χ2n) is 6.75. The summed E-state index contributed by atoms with van der Waals surface area (Å²) in [4.78, 5) is 2.54. The molecule has 0 N–H and O–H groups in total. The Morgan fingerprint density at radius 1 is 1.08 bits per heavy atom. The molecule has 0 bridgehead atoms. The van der Waals surface area contributed by atoms with Gasteiger partial charge in [-0.25, -0.2) is 4.39 Å². The van der Waals surface area contributed by atoms with E-state index in [-0.39, 0.29) is 5.82 Å². The number of benzene rings is 2. The maximum Gasteiger partial charge on any atom is 0.134 e. The molecule has 1 saturated heterocycles. The van der Waals surface area contributed by atoms with Gasteiger partial charge in [-0.3, -0.25) is 0 Å². The lowest BCUT2D eigenvalue weighted by atomic mass is 10.0. The summed E-state index contributed by atoms with van der Waals surface area (Å²) in [6.45, 7) is 4.57. The van der Waals surface area contributed by atoms with E-state index in [1.54, 1.807) is 0 Å². The molecular formula is C21H22FNO. The van der Waals surface area contributed by atoms with Crippen molar-refractivity contribution in [1.82, 2.24) is 4.90 Å². The van der Waals surface area contributed by atoms with Crippen molar-refractivity contribution in [2.45, 2.75) is 32.2 Å². The Balaban J connectivity index is 1.53. The number of hydrogen-bond donors (Lipinski definition) is 0. The van der Waals surface area contributed by atoms with Crippen LogP contribution in [0.1, 0.15) is 25.5 Å². The predicted octanol–water partition coefficient (Wildman–Crippen LogP) is 5.27. The van der Waals surface area contributed by atoms with Crippen LogP contribution in [-0.4, -0.2) is 24.0 Å². The second kappa shape index (κ2) is 6.40. The van der Waals surface area contributed by atoms with E-state index in [0.717, 1.165) is 40.8 Å². The summed E-state index contributed by atoms with van der Waals surface area (Å²) < 4.78 is 19.1. The molecule has 2 nitrogen and oxygen atoms in total. The summed E-state index contributed by atoms with van der Waals surface area (Å²) in [7, 11) is 0. The highest BCUT2D eigenvalue weighted by molar-refractivity contribution is 5.84. The molecule has 124 valence electrons. The molecule has 0 amide bonds. The predicted molar refractivity (Wildman–Crippen MR) is 95.6 cm³/mol. The maximum atomic E-state index is 13.1. The minimum atomic E-state index is -0.207. The van der Waals surface area contributed by atoms with E-state index >= 15 is 0 Å². The first-order valence-corrected chi connectivity index (χ1v) is 8.71. The zero-order valence-corrected chi connectivity index (χ0v) is 14.0. The second-order valence-corrected chi connectivity index (χ2v) is 6.75. The van der Waals surface area contributed by atoms with Crippen molar-refractivity contribution in [3.8, 4) is 11.1 Å². The minimum absolute atomic E-state index is 0.207. The van der Waals surface area contributed by atoms with Gasteiger partial charge in [-0.1, -0.05) is 18.2 Å².